The maximum absolute atomic E-state index is 12.9. The number of hydrogen-bond acceptors (Lipinski definition) is 4. The molecule has 6 heteroatoms. The molecule has 1 heterocycles. The second-order valence-corrected chi connectivity index (χ2v) is 5.88. The van der Waals surface area contributed by atoms with E-state index in [0.717, 1.165) is 5.56 Å². The molecule has 1 atom stereocenters. The Bertz CT molecular complexity index is 892. The van der Waals surface area contributed by atoms with Crippen molar-refractivity contribution in [3.05, 3.63) is 84.3 Å². The first-order valence-electron chi connectivity index (χ1n) is 8.49. The minimum absolute atomic E-state index is 0.151. The number of benzene rings is 2. The number of hydrogen-bond donors (Lipinski definition) is 2. The van der Waals surface area contributed by atoms with E-state index in [1.54, 1.807) is 30.3 Å². The van der Waals surface area contributed by atoms with Crippen molar-refractivity contribution in [2.24, 2.45) is 0 Å². The molecule has 0 bridgehead atoms. The third-order valence-electron chi connectivity index (χ3n) is 4.01. The normalized spacial score (nSPS) is 11.4. The molecule has 0 aliphatic rings. The van der Waals surface area contributed by atoms with Gasteiger partial charge in [0.15, 0.2) is 5.76 Å². The molecule has 3 aromatic rings. The Labute approximate surface area is 157 Å². The number of para-hydroxylation sites is 2. The SMILES string of the molecule is COc1ccccc1NC(=O)C(Cc1ccccc1)NC(=O)c1ccco1. The lowest BCUT2D eigenvalue weighted by Gasteiger charge is -2.19. The van der Waals surface area contributed by atoms with Gasteiger partial charge in [-0.3, -0.25) is 9.59 Å². The van der Waals surface area contributed by atoms with E-state index >= 15 is 0 Å². The van der Waals surface area contributed by atoms with Gasteiger partial charge in [-0.15, -0.1) is 0 Å². The molecule has 27 heavy (non-hydrogen) atoms. The largest absolute Gasteiger partial charge is 0.495 e. The Morgan fingerprint density at radius 2 is 1.74 bits per heavy atom. The molecule has 0 radical (unpaired) electrons. The summed E-state index contributed by atoms with van der Waals surface area (Å²) >= 11 is 0. The van der Waals surface area contributed by atoms with Crippen LogP contribution in [0.5, 0.6) is 5.75 Å². The second kappa shape index (κ2) is 8.71. The van der Waals surface area contributed by atoms with Gasteiger partial charge < -0.3 is 19.8 Å². The van der Waals surface area contributed by atoms with Crippen LogP contribution in [0.1, 0.15) is 16.1 Å². The summed E-state index contributed by atoms with van der Waals surface area (Å²) in [6, 6.07) is 19.0. The van der Waals surface area contributed by atoms with Crippen LogP contribution in [0, 0.1) is 0 Å². The van der Waals surface area contributed by atoms with E-state index in [9.17, 15) is 9.59 Å². The van der Waals surface area contributed by atoms with Crippen LogP contribution in [0.25, 0.3) is 0 Å². The fourth-order valence-electron chi connectivity index (χ4n) is 2.66. The zero-order chi connectivity index (χ0) is 19.1. The van der Waals surface area contributed by atoms with Gasteiger partial charge in [-0.25, -0.2) is 0 Å². The van der Waals surface area contributed by atoms with Gasteiger partial charge in [-0.05, 0) is 29.8 Å². The van der Waals surface area contributed by atoms with Gasteiger partial charge in [0.25, 0.3) is 5.91 Å². The fourth-order valence-corrected chi connectivity index (χ4v) is 2.66. The number of methoxy groups -OCH3 is 1. The van der Waals surface area contributed by atoms with Gasteiger partial charge in [0.2, 0.25) is 5.91 Å². The highest BCUT2D eigenvalue weighted by molar-refractivity contribution is 6.00. The van der Waals surface area contributed by atoms with Gasteiger partial charge in [0.1, 0.15) is 11.8 Å². The number of carbonyl (C=O) groups excluding carboxylic acids is 2. The van der Waals surface area contributed by atoms with Crippen molar-refractivity contribution in [2.45, 2.75) is 12.5 Å². The van der Waals surface area contributed by atoms with Crippen molar-refractivity contribution in [1.29, 1.82) is 0 Å². The quantitative estimate of drug-likeness (QED) is 0.674. The Balaban J connectivity index is 1.79. The average molecular weight is 364 g/mol. The van der Waals surface area contributed by atoms with Gasteiger partial charge in [0.05, 0.1) is 19.1 Å². The van der Waals surface area contributed by atoms with E-state index < -0.39 is 11.9 Å². The molecule has 3 rings (SSSR count). The molecule has 138 valence electrons. The molecule has 0 fully saturated rings. The minimum Gasteiger partial charge on any atom is -0.495 e. The molecule has 0 spiro atoms. The second-order valence-electron chi connectivity index (χ2n) is 5.88. The number of furan rings is 1. The minimum atomic E-state index is -0.782. The average Bonchev–Trinajstić information content (AvgIpc) is 3.23. The predicted molar refractivity (Wildman–Crippen MR) is 102 cm³/mol. The number of amides is 2. The van der Waals surface area contributed by atoms with Crippen LogP contribution >= 0.6 is 0 Å². The van der Waals surface area contributed by atoms with E-state index in [1.165, 1.54) is 13.4 Å². The summed E-state index contributed by atoms with van der Waals surface area (Å²) in [7, 11) is 1.53. The van der Waals surface area contributed by atoms with Gasteiger partial charge in [-0.2, -0.15) is 0 Å². The first kappa shape index (κ1) is 18.3. The van der Waals surface area contributed by atoms with Crippen molar-refractivity contribution in [3.63, 3.8) is 0 Å². The number of rotatable bonds is 7. The third-order valence-corrected chi connectivity index (χ3v) is 4.01. The molecule has 2 aromatic carbocycles. The van der Waals surface area contributed by atoms with Crippen LogP contribution in [0.4, 0.5) is 5.69 Å². The first-order chi connectivity index (χ1) is 13.2. The highest BCUT2D eigenvalue weighted by Gasteiger charge is 2.24. The molecule has 2 N–H and O–H groups in total. The van der Waals surface area contributed by atoms with Gasteiger partial charge >= 0.3 is 0 Å². The van der Waals surface area contributed by atoms with E-state index in [1.807, 2.05) is 36.4 Å². The topological polar surface area (TPSA) is 80.6 Å². The predicted octanol–water partition coefficient (Wildman–Crippen LogP) is 3.27. The lowest BCUT2D eigenvalue weighted by molar-refractivity contribution is -0.118. The van der Waals surface area contributed by atoms with Crippen molar-refractivity contribution in [1.82, 2.24) is 5.32 Å². The lowest BCUT2D eigenvalue weighted by Crippen LogP contribution is -2.45. The first-order valence-corrected chi connectivity index (χ1v) is 8.49. The molecule has 1 aromatic heterocycles. The standard InChI is InChI=1S/C21H20N2O4/c1-26-18-11-6-5-10-16(18)22-20(24)17(14-15-8-3-2-4-9-15)23-21(25)19-12-7-13-27-19/h2-13,17H,14H2,1H3,(H,22,24)(H,23,25). The number of carbonyl (C=O) groups is 2. The molecule has 6 nitrogen and oxygen atoms in total. The van der Waals surface area contributed by atoms with E-state index in [2.05, 4.69) is 10.6 Å². The Kier molecular flexibility index (Phi) is 5.89. The van der Waals surface area contributed by atoms with Crippen molar-refractivity contribution in [3.8, 4) is 5.75 Å². The fraction of sp³-hybridized carbons (Fsp3) is 0.143. The van der Waals surface area contributed by atoms with Gasteiger partial charge in [-0.1, -0.05) is 42.5 Å². The van der Waals surface area contributed by atoms with E-state index in [-0.39, 0.29) is 11.7 Å². The van der Waals surface area contributed by atoms with Crippen LogP contribution < -0.4 is 15.4 Å². The summed E-state index contributed by atoms with van der Waals surface area (Å²) in [4.78, 5) is 25.3. The Morgan fingerprint density at radius 1 is 1.00 bits per heavy atom. The summed E-state index contributed by atoms with van der Waals surface area (Å²) in [6.07, 6.45) is 1.75. The molecular formula is C21H20N2O4. The third kappa shape index (κ3) is 4.76. The lowest BCUT2D eigenvalue weighted by atomic mass is 10.0. The Hall–Kier alpha value is -3.54. The van der Waals surface area contributed by atoms with Crippen LogP contribution in [0.15, 0.2) is 77.4 Å². The molecule has 0 saturated carbocycles. The summed E-state index contributed by atoms with van der Waals surface area (Å²) in [6.45, 7) is 0. The smallest absolute Gasteiger partial charge is 0.287 e. The molecular weight excluding hydrogens is 344 g/mol. The summed E-state index contributed by atoms with van der Waals surface area (Å²) in [5.74, 6) is -0.0980. The highest BCUT2D eigenvalue weighted by Crippen LogP contribution is 2.23. The van der Waals surface area contributed by atoms with Crippen LogP contribution in [0.2, 0.25) is 0 Å². The zero-order valence-corrected chi connectivity index (χ0v) is 14.8. The molecule has 1 unspecified atom stereocenters. The van der Waals surface area contributed by atoms with Crippen LogP contribution in [0.3, 0.4) is 0 Å². The summed E-state index contributed by atoms with van der Waals surface area (Å²) in [5.41, 5.74) is 1.47. The summed E-state index contributed by atoms with van der Waals surface area (Å²) < 4.78 is 10.4. The van der Waals surface area contributed by atoms with Crippen molar-refractivity contribution in [2.75, 3.05) is 12.4 Å². The number of nitrogens with one attached hydrogen (secondary N) is 2. The van der Waals surface area contributed by atoms with E-state index in [0.29, 0.717) is 17.9 Å². The zero-order valence-electron chi connectivity index (χ0n) is 14.8. The molecule has 0 saturated heterocycles. The van der Waals surface area contributed by atoms with Crippen LogP contribution in [-0.2, 0) is 11.2 Å². The van der Waals surface area contributed by atoms with Crippen molar-refractivity contribution < 1.29 is 18.7 Å². The van der Waals surface area contributed by atoms with Crippen LogP contribution in [-0.4, -0.2) is 25.0 Å². The van der Waals surface area contributed by atoms with E-state index in [4.69, 9.17) is 9.15 Å². The monoisotopic (exact) mass is 364 g/mol. The van der Waals surface area contributed by atoms with Gasteiger partial charge in [0, 0.05) is 6.42 Å². The molecule has 2 amide bonds. The number of ether oxygens (including phenoxy) is 1. The Morgan fingerprint density at radius 3 is 2.44 bits per heavy atom. The number of anilines is 1. The molecule has 0 aliphatic carbocycles. The maximum atomic E-state index is 12.9. The maximum Gasteiger partial charge on any atom is 0.287 e. The van der Waals surface area contributed by atoms with Crippen molar-refractivity contribution >= 4 is 17.5 Å². The summed E-state index contributed by atoms with van der Waals surface area (Å²) in [5, 5.41) is 5.56. The highest BCUT2D eigenvalue weighted by atomic mass is 16.5. The molecule has 0 aliphatic heterocycles.